The molecule has 0 amide bonds. The number of ether oxygens (including phenoxy) is 2. The molecule has 2 heterocycles. The molecule has 1 aliphatic heterocycles. The van der Waals surface area contributed by atoms with Crippen molar-refractivity contribution >= 4 is 10.0 Å². The normalized spacial score (nSPS) is 16.4. The number of methoxy groups -OCH3 is 1. The molecule has 3 rings (SSSR count). The Balaban J connectivity index is 1.69. The first-order valence-electron chi connectivity index (χ1n) is 8.50. The van der Waals surface area contributed by atoms with Gasteiger partial charge in [0.15, 0.2) is 0 Å². The topological polar surface area (TPSA) is 81.6 Å². The Morgan fingerprint density at radius 1 is 1.08 bits per heavy atom. The molecule has 0 saturated carbocycles. The van der Waals surface area contributed by atoms with Crippen LogP contribution in [0, 0.1) is 13.8 Å². The molecule has 1 aromatic carbocycles. The zero-order valence-corrected chi connectivity index (χ0v) is 16.0. The van der Waals surface area contributed by atoms with Crippen molar-refractivity contribution in [3.8, 4) is 11.8 Å². The number of nitrogens with zero attached hydrogens (tertiary/aromatic N) is 3. The van der Waals surface area contributed by atoms with E-state index in [2.05, 4.69) is 9.97 Å². The molecule has 1 fully saturated rings. The lowest BCUT2D eigenvalue weighted by Gasteiger charge is -2.31. The van der Waals surface area contributed by atoms with Gasteiger partial charge < -0.3 is 9.47 Å². The molecule has 7 nitrogen and oxygen atoms in total. The summed E-state index contributed by atoms with van der Waals surface area (Å²) in [5, 5.41) is 0. The highest BCUT2D eigenvalue weighted by molar-refractivity contribution is 7.89. The van der Waals surface area contributed by atoms with Crippen LogP contribution in [0.5, 0.6) is 11.8 Å². The Morgan fingerprint density at radius 2 is 1.73 bits per heavy atom. The molecule has 140 valence electrons. The molecule has 0 atom stereocenters. The van der Waals surface area contributed by atoms with Crippen molar-refractivity contribution in [2.45, 2.75) is 37.7 Å². The van der Waals surface area contributed by atoms with Crippen LogP contribution in [0.2, 0.25) is 0 Å². The van der Waals surface area contributed by atoms with E-state index >= 15 is 0 Å². The van der Waals surface area contributed by atoms with E-state index in [0.29, 0.717) is 37.7 Å². The van der Waals surface area contributed by atoms with Gasteiger partial charge in [0.1, 0.15) is 16.7 Å². The van der Waals surface area contributed by atoms with Crippen LogP contribution in [-0.2, 0) is 10.0 Å². The molecule has 0 N–H and O–H groups in total. The molecule has 8 heteroatoms. The SMILES string of the molecule is COc1ccc(C)cc1S(=O)(=O)N1CCC(Oc2ncc(C)cn2)CC1. The first-order valence-corrected chi connectivity index (χ1v) is 9.94. The molecule has 26 heavy (non-hydrogen) atoms. The van der Waals surface area contributed by atoms with Crippen LogP contribution < -0.4 is 9.47 Å². The lowest BCUT2D eigenvalue weighted by atomic mass is 10.1. The fourth-order valence-corrected chi connectivity index (χ4v) is 4.62. The summed E-state index contributed by atoms with van der Waals surface area (Å²) in [7, 11) is -2.13. The molecular formula is C18H23N3O4S. The predicted molar refractivity (Wildman–Crippen MR) is 96.9 cm³/mol. The first-order chi connectivity index (χ1) is 12.4. The molecule has 1 aromatic heterocycles. The molecule has 0 unspecified atom stereocenters. The number of sulfonamides is 1. The van der Waals surface area contributed by atoms with Gasteiger partial charge in [-0.2, -0.15) is 4.31 Å². The number of piperidine rings is 1. The van der Waals surface area contributed by atoms with Gasteiger partial charge in [-0.1, -0.05) is 6.07 Å². The van der Waals surface area contributed by atoms with E-state index in [9.17, 15) is 8.42 Å². The molecule has 0 bridgehead atoms. The van der Waals surface area contributed by atoms with Gasteiger partial charge in [0.2, 0.25) is 10.0 Å². The van der Waals surface area contributed by atoms with Crippen LogP contribution >= 0.6 is 0 Å². The second-order valence-electron chi connectivity index (χ2n) is 6.42. The van der Waals surface area contributed by atoms with Crippen molar-refractivity contribution in [3.63, 3.8) is 0 Å². The largest absolute Gasteiger partial charge is 0.495 e. The Labute approximate surface area is 154 Å². The minimum absolute atomic E-state index is 0.0939. The summed E-state index contributed by atoms with van der Waals surface area (Å²) < 4.78 is 38.5. The van der Waals surface area contributed by atoms with Gasteiger partial charge >= 0.3 is 6.01 Å². The maximum absolute atomic E-state index is 13.0. The van der Waals surface area contributed by atoms with Gasteiger partial charge in [0.25, 0.3) is 0 Å². The van der Waals surface area contributed by atoms with Crippen LogP contribution in [0.25, 0.3) is 0 Å². The van der Waals surface area contributed by atoms with E-state index in [1.54, 1.807) is 24.5 Å². The maximum atomic E-state index is 13.0. The second-order valence-corrected chi connectivity index (χ2v) is 8.32. The van der Waals surface area contributed by atoms with Crippen LogP contribution in [-0.4, -0.2) is 49.0 Å². The van der Waals surface area contributed by atoms with Crippen molar-refractivity contribution in [2.75, 3.05) is 20.2 Å². The summed E-state index contributed by atoms with van der Waals surface area (Å²) in [5.74, 6) is 0.363. The number of hydrogen-bond acceptors (Lipinski definition) is 6. The lowest BCUT2D eigenvalue weighted by molar-refractivity contribution is 0.124. The maximum Gasteiger partial charge on any atom is 0.316 e. The third-order valence-electron chi connectivity index (χ3n) is 4.37. The summed E-state index contributed by atoms with van der Waals surface area (Å²) in [5.41, 5.74) is 1.84. The third-order valence-corrected chi connectivity index (χ3v) is 6.29. The Bertz CT molecular complexity index is 861. The predicted octanol–water partition coefficient (Wildman–Crippen LogP) is 2.33. The molecule has 0 radical (unpaired) electrons. The van der Waals surface area contributed by atoms with Gasteiger partial charge in [0, 0.05) is 25.5 Å². The average Bonchev–Trinajstić information content (AvgIpc) is 2.64. The van der Waals surface area contributed by atoms with Gasteiger partial charge in [-0.25, -0.2) is 18.4 Å². The molecule has 2 aromatic rings. The fraction of sp³-hybridized carbons (Fsp3) is 0.444. The van der Waals surface area contributed by atoms with Crippen LogP contribution in [0.15, 0.2) is 35.5 Å². The highest BCUT2D eigenvalue weighted by Gasteiger charge is 2.32. The number of benzene rings is 1. The number of aryl methyl sites for hydroxylation is 2. The standard InChI is InChI=1S/C18H23N3O4S/c1-13-4-5-16(24-3)17(10-13)26(22,23)21-8-6-15(7-9-21)25-18-19-11-14(2)12-20-18/h4-5,10-12,15H,6-9H2,1-3H3. The van der Waals surface area contributed by atoms with Crippen molar-refractivity contribution in [2.24, 2.45) is 0 Å². The molecule has 0 aliphatic carbocycles. The highest BCUT2D eigenvalue weighted by atomic mass is 32.2. The highest BCUT2D eigenvalue weighted by Crippen LogP contribution is 2.29. The van der Waals surface area contributed by atoms with Crippen LogP contribution in [0.1, 0.15) is 24.0 Å². The van der Waals surface area contributed by atoms with E-state index < -0.39 is 10.0 Å². The average molecular weight is 377 g/mol. The number of aromatic nitrogens is 2. The monoisotopic (exact) mass is 377 g/mol. The summed E-state index contributed by atoms with van der Waals surface area (Å²) >= 11 is 0. The minimum atomic E-state index is -3.61. The van der Waals surface area contributed by atoms with E-state index in [1.165, 1.54) is 11.4 Å². The number of hydrogen-bond donors (Lipinski definition) is 0. The molecular weight excluding hydrogens is 354 g/mol. The zero-order chi connectivity index (χ0) is 18.7. The smallest absolute Gasteiger partial charge is 0.316 e. The van der Waals surface area contributed by atoms with Crippen molar-refractivity contribution in [1.82, 2.24) is 14.3 Å². The third kappa shape index (κ3) is 3.96. The Kier molecular flexibility index (Phi) is 5.43. The van der Waals surface area contributed by atoms with Gasteiger partial charge in [0.05, 0.1) is 7.11 Å². The van der Waals surface area contributed by atoms with Crippen molar-refractivity contribution < 1.29 is 17.9 Å². The van der Waals surface area contributed by atoms with Gasteiger partial charge in [-0.05, 0) is 49.9 Å². The Morgan fingerprint density at radius 3 is 2.35 bits per heavy atom. The van der Waals surface area contributed by atoms with E-state index in [-0.39, 0.29) is 11.0 Å². The Hall–Kier alpha value is -2.19. The quantitative estimate of drug-likeness (QED) is 0.795. The fourth-order valence-electron chi connectivity index (χ4n) is 2.91. The minimum Gasteiger partial charge on any atom is -0.495 e. The van der Waals surface area contributed by atoms with E-state index in [0.717, 1.165) is 11.1 Å². The van der Waals surface area contributed by atoms with E-state index in [1.807, 2.05) is 19.9 Å². The van der Waals surface area contributed by atoms with Crippen molar-refractivity contribution in [1.29, 1.82) is 0 Å². The molecule has 1 aliphatic rings. The summed E-state index contributed by atoms with van der Waals surface area (Å²) in [4.78, 5) is 8.49. The van der Waals surface area contributed by atoms with Crippen molar-refractivity contribution in [3.05, 3.63) is 41.7 Å². The molecule has 1 saturated heterocycles. The van der Waals surface area contributed by atoms with E-state index in [4.69, 9.17) is 9.47 Å². The van der Waals surface area contributed by atoms with Gasteiger partial charge in [-0.3, -0.25) is 0 Å². The summed E-state index contributed by atoms with van der Waals surface area (Å²) in [6.07, 6.45) is 4.48. The van der Waals surface area contributed by atoms with Crippen LogP contribution in [0.4, 0.5) is 0 Å². The van der Waals surface area contributed by atoms with Gasteiger partial charge in [-0.15, -0.1) is 0 Å². The first kappa shape index (κ1) is 18.6. The zero-order valence-electron chi connectivity index (χ0n) is 15.2. The lowest BCUT2D eigenvalue weighted by Crippen LogP contribution is -2.42. The second kappa shape index (κ2) is 7.59. The van der Waals surface area contributed by atoms with Crippen LogP contribution in [0.3, 0.4) is 0 Å². The number of rotatable bonds is 5. The molecule has 0 spiro atoms. The summed E-state index contributed by atoms with van der Waals surface area (Å²) in [6.45, 7) is 4.54. The summed E-state index contributed by atoms with van der Waals surface area (Å²) in [6, 6.07) is 5.50.